The predicted octanol–water partition coefficient (Wildman–Crippen LogP) is 2.36. The number of hydrogen-bond donors (Lipinski definition) is 0. The minimum Gasteiger partial charge on any atom is -0.467 e. The fourth-order valence-electron chi connectivity index (χ4n) is 2.01. The van der Waals surface area contributed by atoms with Crippen LogP contribution < -0.4 is 0 Å². The van der Waals surface area contributed by atoms with Crippen molar-refractivity contribution in [2.24, 2.45) is 0 Å². The van der Waals surface area contributed by atoms with Crippen molar-refractivity contribution in [1.82, 2.24) is 4.90 Å². The monoisotopic (exact) mass is 352 g/mol. The number of benzene rings is 1. The molecule has 1 aliphatic rings. The van der Waals surface area contributed by atoms with Gasteiger partial charge in [-0.25, -0.2) is 4.79 Å². The van der Waals surface area contributed by atoms with Crippen LogP contribution in [0.1, 0.15) is 12.5 Å². The minimum absolute atomic E-state index is 0.112. The molecule has 0 saturated carbocycles. The summed E-state index contributed by atoms with van der Waals surface area (Å²) in [5.41, 5.74) is 0.183. The van der Waals surface area contributed by atoms with E-state index in [1.165, 1.54) is 32.2 Å². The molecule has 0 radical (unpaired) electrons. The van der Waals surface area contributed by atoms with Crippen LogP contribution in [0.2, 0.25) is 0 Å². The summed E-state index contributed by atoms with van der Waals surface area (Å²) in [7, 11) is 1.22. The summed E-state index contributed by atoms with van der Waals surface area (Å²) in [4.78, 5) is 35.9. The summed E-state index contributed by atoms with van der Waals surface area (Å²) in [5, 5.41) is 11.0. The first kappa shape index (κ1) is 17.1. The van der Waals surface area contributed by atoms with Crippen LogP contribution in [0.5, 0.6) is 0 Å². The van der Waals surface area contributed by atoms with Gasteiger partial charge in [-0.3, -0.25) is 19.8 Å². The molecule has 0 N–H and O–H groups in total. The summed E-state index contributed by atoms with van der Waals surface area (Å²) in [5.74, 6) is -1.07. The maximum Gasteiger partial charge on any atom is 0.328 e. The zero-order valence-corrected chi connectivity index (χ0v) is 13.8. The van der Waals surface area contributed by atoms with Crippen molar-refractivity contribution in [3.63, 3.8) is 0 Å². The van der Waals surface area contributed by atoms with Gasteiger partial charge in [0.15, 0.2) is 0 Å². The Hall–Kier alpha value is -2.26. The van der Waals surface area contributed by atoms with Gasteiger partial charge in [0.2, 0.25) is 0 Å². The molecule has 2 rings (SSSR count). The molecule has 0 aliphatic carbocycles. The molecule has 23 heavy (non-hydrogen) atoms. The summed E-state index contributed by atoms with van der Waals surface area (Å²) < 4.78 is 4.82. The first-order valence-corrected chi connectivity index (χ1v) is 7.67. The van der Waals surface area contributed by atoms with E-state index in [9.17, 15) is 19.7 Å². The lowest BCUT2D eigenvalue weighted by Crippen LogP contribution is -2.42. The Morgan fingerprint density at radius 2 is 2.13 bits per heavy atom. The van der Waals surface area contributed by atoms with Crippen LogP contribution in [0.4, 0.5) is 5.69 Å². The Balaban J connectivity index is 2.36. The molecule has 1 aliphatic heterocycles. The summed E-state index contributed by atoms with van der Waals surface area (Å²) in [6.45, 7) is 1.50. The maximum atomic E-state index is 12.4. The largest absolute Gasteiger partial charge is 0.467 e. The Morgan fingerprint density at radius 3 is 2.74 bits per heavy atom. The number of esters is 1. The molecule has 1 aromatic rings. The van der Waals surface area contributed by atoms with Gasteiger partial charge < -0.3 is 4.74 Å². The molecule has 0 aromatic heterocycles. The second kappa shape index (κ2) is 6.88. The van der Waals surface area contributed by atoms with Gasteiger partial charge in [-0.2, -0.15) is 0 Å². The Bertz CT molecular complexity index is 732. The topological polar surface area (TPSA) is 89.8 Å². The number of methoxy groups -OCH3 is 1. The molecule has 1 unspecified atom stereocenters. The molecule has 7 nitrogen and oxygen atoms in total. The molecule has 120 valence electrons. The van der Waals surface area contributed by atoms with Crippen molar-refractivity contribution in [2.45, 2.75) is 13.0 Å². The van der Waals surface area contributed by atoms with E-state index in [2.05, 4.69) is 4.74 Å². The van der Waals surface area contributed by atoms with Crippen molar-refractivity contribution in [2.75, 3.05) is 7.11 Å². The van der Waals surface area contributed by atoms with Gasteiger partial charge in [-0.15, -0.1) is 0 Å². The molecular weight excluding hydrogens is 340 g/mol. The number of carbonyl (C=O) groups excluding carboxylic acids is 2. The van der Waals surface area contributed by atoms with Gasteiger partial charge in [0.05, 0.1) is 22.5 Å². The fraction of sp³-hybridized carbons (Fsp3) is 0.214. The summed E-state index contributed by atoms with van der Waals surface area (Å²) in [6, 6.07) is 5.21. The van der Waals surface area contributed by atoms with E-state index >= 15 is 0 Å². The van der Waals surface area contributed by atoms with E-state index < -0.39 is 22.8 Å². The van der Waals surface area contributed by atoms with Crippen LogP contribution in [-0.2, 0) is 14.3 Å². The average molecular weight is 352 g/mol. The lowest BCUT2D eigenvalue weighted by Gasteiger charge is -2.20. The average Bonchev–Trinajstić information content (AvgIpc) is 2.80. The summed E-state index contributed by atoms with van der Waals surface area (Å²) in [6.07, 6.45) is 1.40. The van der Waals surface area contributed by atoms with Gasteiger partial charge in [0.1, 0.15) is 10.4 Å². The van der Waals surface area contributed by atoms with Crippen LogP contribution in [0.3, 0.4) is 0 Å². The van der Waals surface area contributed by atoms with Gasteiger partial charge in [-0.05, 0) is 19.1 Å². The number of carbonyl (C=O) groups is 2. The number of nitrogens with zero attached hydrogens (tertiary/aromatic N) is 2. The second-order valence-corrected chi connectivity index (χ2v) is 6.24. The number of para-hydroxylation sites is 1. The standard InChI is InChI=1S/C14H12N2O5S2/c1-8(13(18)21-2)15-12(17)11(23-14(15)22)7-9-5-3-4-6-10(9)16(19)20/h3-8H,1-2H3/b11-7-. The minimum atomic E-state index is -0.857. The van der Waals surface area contributed by atoms with Crippen LogP contribution in [0.25, 0.3) is 6.08 Å². The molecule has 9 heteroatoms. The number of thiocarbonyl (C=S) groups is 1. The van der Waals surface area contributed by atoms with Crippen molar-refractivity contribution >= 4 is 51.9 Å². The molecular formula is C14H12N2O5S2. The normalized spacial score (nSPS) is 17.5. The van der Waals surface area contributed by atoms with E-state index in [4.69, 9.17) is 12.2 Å². The van der Waals surface area contributed by atoms with Crippen LogP contribution in [0, 0.1) is 10.1 Å². The van der Waals surface area contributed by atoms with Crippen LogP contribution >= 0.6 is 24.0 Å². The predicted molar refractivity (Wildman–Crippen MR) is 89.6 cm³/mol. The molecule has 0 spiro atoms. The molecule has 1 aromatic carbocycles. The van der Waals surface area contributed by atoms with E-state index in [-0.39, 0.29) is 14.9 Å². The highest BCUT2D eigenvalue weighted by Crippen LogP contribution is 2.35. The number of rotatable bonds is 4. The quantitative estimate of drug-likeness (QED) is 0.270. The smallest absolute Gasteiger partial charge is 0.328 e. The number of amides is 1. The van der Waals surface area contributed by atoms with E-state index in [0.717, 1.165) is 16.7 Å². The SMILES string of the molecule is COC(=O)C(C)N1C(=O)/C(=C/c2ccccc2[N+](=O)[O-])SC1=S. The van der Waals surface area contributed by atoms with E-state index in [1.54, 1.807) is 12.1 Å². The third-order valence-electron chi connectivity index (χ3n) is 3.17. The zero-order chi connectivity index (χ0) is 17.1. The Kier molecular flexibility index (Phi) is 5.12. The van der Waals surface area contributed by atoms with Gasteiger partial charge in [0, 0.05) is 6.07 Å². The molecule has 1 amide bonds. The van der Waals surface area contributed by atoms with Gasteiger partial charge >= 0.3 is 5.97 Å². The van der Waals surface area contributed by atoms with Gasteiger partial charge in [0.25, 0.3) is 11.6 Å². The summed E-state index contributed by atoms with van der Waals surface area (Å²) >= 11 is 6.12. The number of nitro benzene ring substituents is 1. The number of ether oxygens (including phenoxy) is 1. The first-order valence-electron chi connectivity index (χ1n) is 6.45. The van der Waals surface area contributed by atoms with Crippen molar-refractivity contribution < 1.29 is 19.2 Å². The Morgan fingerprint density at radius 1 is 1.48 bits per heavy atom. The highest BCUT2D eigenvalue weighted by molar-refractivity contribution is 8.26. The highest BCUT2D eigenvalue weighted by Gasteiger charge is 2.38. The van der Waals surface area contributed by atoms with Crippen LogP contribution in [0.15, 0.2) is 29.2 Å². The number of nitro groups is 1. The lowest BCUT2D eigenvalue weighted by molar-refractivity contribution is -0.385. The Labute approximate surface area is 141 Å². The maximum absolute atomic E-state index is 12.4. The molecule has 1 atom stereocenters. The third-order valence-corrected chi connectivity index (χ3v) is 4.50. The second-order valence-electron chi connectivity index (χ2n) is 4.57. The lowest BCUT2D eigenvalue weighted by atomic mass is 10.1. The molecule has 1 heterocycles. The molecule has 0 bridgehead atoms. The third kappa shape index (κ3) is 3.40. The van der Waals surface area contributed by atoms with Crippen molar-refractivity contribution in [3.05, 3.63) is 44.8 Å². The van der Waals surface area contributed by atoms with Crippen LogP contribution in [-0.4, -0.2) is 39.2 Å². The highest BCUT2D eigenvalue weighted by atomic mass is 32.2. The first-order chi connectivity index (χ1) is 10.9. The van der Waals surface area contributed by atoms with Crippen molar-refractivity contribution in [1.29, 1.82) is 0 Å². The van der Waals surface area contributed by atoms with Crippen molar-refractivity contribution in [3.8, 4) is 0 Å². The molecule has 1 fully saturated rings. The van der Waals surface area contributed by atoms with E-state index in [1.807, 2.05) is 0 Å². The zero-order valence-electron chi connectivity index (χ0n) is 12.2. The molecule has 1 saturated heterocycles. The fourth-order valence-corrected chi connectivity index (χ4v) is 3.42. The number of thioether (sulfide) groups is 1. The van der Waals surface area contributed by atoms with E-state index in [0.29, 0.717) is 5.56 Å². The number of hydrogen-bond acceptors (Lipinski definition) is 7. The van der Waals surface area contributed by atoms with Gasteiger partial charge in [-0.1, -0.05) is 36.1 Å².